The first-order valence-electron chi connectivity index (χ1n) is 7.29. The topological polar surface area (TPSA) is 61.4 Å². The van der Waals surface area contributed by atoms with E-state index in [0.717, 1.165) is 5.69 Å². The van der Waals surface area contributed by atoms with Crippen molar-refractivity contribution in [3.05, 3.63) is 42.5 Å². The van der Waals surface area contributed by atoms with E-state index in [1.807, 2.05) is 18.2 Å². The summed E-state index contributed by atoms with van der Waals surface area (Å²) in [5.41, 5.74) is 1.15. The second-order valence-corrected chi connectivity index (χ2v) is 6.87. The van der Waals surface area contributed by atoms with Crippen molar-refractivity contribution in [3.8, 4) is 0 Å². The van der Waals surface area contributed by atoms with Crippen molar-refractivity contribution in [1.29, 1.82) is 0 Å². The number of hydrogen-bond donors (Lipinski definition) is 3. The summed E-state index contributed by atoms with van der Waals surface area (Å²) in [5, 5.41) is 16.3. The van der Waals surface area contributed by atoms with E-state index in [9.17, 15) is 9.90 Å². The summed E-state index contributed by atoms with van der Waals surface area (Å²) >= 11 is 0. The molecule has 3 N–H and O–H groups in total. The molecule has 2 aliphatic rings. The first kappa shape index (κ1) is 14.1. The van der Waals surface area contributed by atoms with Crippen LogP contribution in [0.3, 0.4) is 0 Å². The fourth-order valence-electron chi connectivity index (χ4n) is 4.37. The van der Waals surface area contributed by atoms with Crippen LogP contribution in [-0.2, 0) is 10.2 Å². The Morgan fingerprint density at radius 1 is 1.48 bits per heavy atom. The van der Waals surface area contributed by atoms with E-state index in [1.54, 1.807) is 0 Å². The molecular formula is C17H22N2O2. The van der Waals surface area contributed by atoms with Gasteiger partial charge >= 0.3 is 5.97 Å². The SMILES string of the molecule is C=CC(C)(C)[C@@]12C[C@@H](C(=O)O)N[C@]1(C)Nc1ccccc12. The van der Waals surface area contributed by atoms with Crippen molar-refractivity contribution in [2.45, 2.75) is 44.3 Å². The van der Waals surface area contributed by atoms with Crippen molar-refractivity contribution in [2.24, 2.45) is 5.41 Å². The van der Waals surface area contributed by atoms with Crippen LogP contribution in [-0.4, -0.2) is 22.8 Å². The third-order valence-electron chi connectivity index (χ3n) is 5.51. The lowest BCUT2D eigenvalue weighted by Crippen LogP contribution is -2.59. The Kier molecular flexibility index (Phi) is 2.76. The minimum absolute atomic E-state index is 0.251. The number of aliphatic carboxylic acids is 1. The van der Waals surface area contributed by atoms with Crippen molar-refractivity contribution >= 4 is 11.7 Å². The summed E-state index contributed by atoms with van der Waals surface area (Å²) in [5.74, 6) is -0.802. The fraction of sp³-hybridized carbons (Fsp3) is 0.471. The van der Waals surface area contributed by atoms with Gasteiger partial charge in [0.15, 0.2) is 0 Å². The lowest BCUT2D eigenvalue weighted by molar-refractivity contribution is -0.139. The van der Waals surface area contributed by atoms with Crippen LogP contribution < -0.4 is 10.6 Å². The van der Waals surface area contributed by atoms with Gasteiger partial charge in [0, 0.05) is 11.1 Å². The summed E-state index contributed by atoms with van der Waals surface area (Å²) in [6.45, 7) is 10.3. The molecule has 0 aromatic heterocycles. The number of carboxylic acids is 1. The van der Waals surface area contributed by atoms with Gasteiger partial charge in [-0.05, 0) is 30.4 Å². The van der Waals surface area contributed by atoms with Gasteiger partial charge < -0.3 is 10.4 Å². The maximum atomic E-state index is 11.5. The number of carboxylic acid groups (broad SMARTS) is 1. The van der Waals surface area contributed by atoms with Crippen molar-refractivity contribution in [2.75, 3.05) is 5.32 Å². The zero-order chi connectivity index (χ0) is 15.5. The summed E-state index contributed by atoms with van der Waals surface area (Å²) in [6, 6.07) is 7.61. The highest BCUT2D eigenvalue weighted by Crippen LogP contribution is 2.61. The standard InChI is InChI=1S/C17H22N2O2/c1-5-15(2,3)17-10-13(14(20)21)19-16(17,4)18-12-9-7-6-8-11(12)17/h5-9,13,18-19H,1,10H2,2-4H3,(H,20,21)/t13-,16-,17-/m0/s1. The summed E-state index contributed by atoms with van der Waals surface area (Å²) < 4.78 is 0. The van der Waals surface area contributed by atoms with E-state index in [0.29, 0.717) is 6.42 Å². The molecule has 4 heteroatoms. The number of nitrogens with one attached hydrogen (secondary N) is 2. The van der Waals surface area contributed by atoms with Crippen molar-refractivity contribution < 1.29 is 9.90 Å². The third kappa shape index (κ3) is 1.57. The largest absolute Gasteiger partial charge is 0.480 e. The number of benzene rings is 1. The Bertz CT molecular complexity index is 625. The van der Waals surface area contributed by atoms with Gasteiger partial charge in [0.05, 0.1) is 5.66 Å². The molecule has 1 aromatic rings. The predicted molar refractivity (Wildman–Crippen MR) is 83.3 cm³/mol. The smallest absolute Gasteiger partial charge is 0.320 e. The number of rotatable bonds is 3. The lowest BCUT2D eigenvalue weighted by atomic mass is 9.57. The highest BCUT2D eigenvalue weighted by Gasteiger charge is 2.67. The number of para-hydroxylation sites is 1. The summed E-state index contributed by atoms with van der Waals surface area (Å²) in [4.78, 5) is 11.5. The molecule has 1 saturated heterocycles. The summed E-state index contributed by atoms with van der Waals surface area (Å²) in [7, 11) is 0. The number of fused-ring (bicyclic) bond motifs is 3. The van der Waals surface area contributed by atoms with E-state index < -0.39 is 17.7 Å². The van der Waals surface area contributed by atoms with Gasteiger partial charge in [-0.1, -0.05) is 38.1 Å². The molecule has 0 unspecified atom stereocenters. The maximum absolute atomic E-state index is 11.5. The molecule has 21 heavy (non-hydrogen) atoms. The minimum Gasteiger partial charge on any atom is -0.480 e. The monoisotopic (exact) mass is 286 g/mol. The molecule has 3 atom stereocenters. The number of carbonyl (C=O) groups is 1. The molecule has 0 bridgehead atoms. The van der Waals surface area contributed by atoms with Crippen molar-refractivity contribution in [1.82, 2.24) is 5.32 Å². The van der Waals surface area contributed by atoms with Gasteiger partial charge in [0.25, 0.3) is 0 Å². The molecule has 2 aliphatic heterocycles. The van der Waals surface area contributed by atoms with E-state index in [-0.39, 0.29) is 10.8 Å². The molecule has 3 rings (SSSR count). The van der Waals surface area contributed by atoms with Crippen LogP contribution >= 0.6 is 0 Å². The number of anilines is 1. The molecule has 0 saturated carbocycles. The van der Waals surface area contributed by atoms with Crippen LogP contribution in [0.4, 0.5) is 5.69 Å². The molecule has 1 fully saturated rings. The van der Waals surface area contributed by atoms with Crippen LogP contribution in [0.15, 0.2) is 36.9 Å². The first-order valence-corrected chi connectivity index (χ1v) is 7.29. The molecule has 0 amide bonds. The van der Waals surface area contributed by atoms with Crippen molar-refractivity contribution in [3.63, 3.8) is 0 Å². The molecular weight excluding hydrogens is 264 g/mol. The van der Waals surface area contributed by atoms with E-state index >= 15 is 0 Å². The zero-order valence-corrected chi connectivity index (χ0v) is 12.7. The van der Waals surface area contributed by atoms with Gasteiger partial charge in [-0.25, -0.2) is 0 Å². The quantitative estimate of drug-likeness (QED) is 0.748. The second-order valence-electron chi connectivity index (χ2n) is 6.87. The van der Waals surface area contributed by atoms with E-state index in [1.165, 1.54) is 5.56 Å². The van der Waals surface area contributed by atoms with Crippen LogP contribution in [0.25, 0.3) is 0 Å². The number of hydrogen-bond acceptors (Lipinski definition) is 3. The molecule has 2 heterocycles. The minimum atomic E-state index is -0.802. The Labute approximate surface area is 125 Å². The van der Waals surface area contributed by atoms with E-state index in [2.05, 4.69) is 50.1 Å². The average Bonchev–Trinajstić information content (AvgIpc) is 2.86. The number of allylic oxidation sites excluding steroid dienone is 1. The average molecular weight is 286 g/mol. The molecule has 0 radical (unpaired) electrons. The van der Waals surface area contributed by atoms with Crippen LogP contribution in [0.5, 0.6) is 0 Å². The van der Waals surface area contributed by atoms with Gasteiger partial charge in [0.2, 0.25) is 0 Å². The Morgan fingerprint density at radius 2 is 2.14 bits per heavy atom. The highest BCUT2D eigenvalue weighted by atomic mass is 16.4. The van der Waals surface area contributed by atoms with Crippen LogP contribution in [0.2, 0.25) is 0 Å². The zero-order valence-electron chi connectivity index (χ0n) is 12.7. The van der Waals surface area contributed by atoms with Crippen LogP contribution in [0, 0.1) is 5.41 Å². The van der Waals surface area contributed by atoms with Gasteiger partial charge in [0.1, 0.15) is 6.04 Å². The Morgan fingerprint density at radius 3 is 2.76 bits per heavy atom. The molecule has 0 spiro atoms. The fourth-order valence-corrected chi connectivity index (χ4v) is 4.37. The van der Waals surface area contributed by atoms with Gasteiger partial charge in [-0.2, -0.15) is 0 Å². The molecule has 112 valence electrons. The van der Waals surface area contributed by atoms with Gasteiger partial charge in [-0.15, -0.1) is 6.58 Å². The molecule has 1 aromatic carbocycles. The van der Waals surface area contributed by atoms with E-state index in [4.69, 9.17) is 0 Å². The first-order chi connectivity index (χ1) is 9.77. The molecule has 0 aliphatic carbocycles. The predicted octanol–water partition coefficient (Wildman–Crippen LogP) is 2.72. The normalized spacial score (nSPS) is 34.0. The third-order valence-corrected chi connectivity index (χ3v) is 5.51. The maximum Gasteiger partial charge on any atom is 0.320 e. The van der Waals surface area contributed by atoms with Crippen LogP contribution in [0.1, 0.15) is 32.8 Å². The Balaban J connectivity index is 2.25. The highest BCUT2D eigenvalue weighted by molar-refractivity contribution is 5.77. The Hall–Kier alpha value is -1.81. The molecule has 4 nitrogen and oxygen atoms in total. The van der Waals surface area contributed by atoms with Gasteiger partial charge in [-0.3, -0.25) is 10.1 Å². The second kappa shape index (κ2) is 4.10. The summed E-state index contributed by atoms with van der Waals surface area (Å²) in [6.07, 6.45) is 2.49. The lowest BCUT2D eigenvalue weighted by Gasteiger charge is -2.48.